The Kier molecular flexibility index (Phi) is 18.3. The summed E-state index contributed by atoms with van der Waals surface area (Å²) < 4.78 is 40.7. The summed E-state index contributed by atoms with van der Waals surface area (Å²) in [6, 6.07) is 0. The number of rotatable bonds is 8. The molecule has 0 spiro atoms. The summed E-state index contributed by atoms with van der Waals surface area (Å²) in [6.45, 7) is -6.33. The van der Waals surface area contributed by atoms with Crippen molar-refractivity contribution in [2.45, 2.75) is 24.5 Å². The predicted octanol–water partition coefficient (Wildman–Crippen LogP) is -16.0. The van der Waals surface area contributed by atoms with Gasteiger partial charge in [0, 0.05) is 0 Å². The topological polar surface area (TPSA) is 273 Å². The SMILES string of the molecule is Nc1ncnc2c1ncn2[C@@H]1O[C@H](COP(=O)([O-])OP(=O)([O-])OP([O-])([O-])=S)[C@@H](O)[C@H]1O.[Na+].[Na+].[Na+].[Na+]. The fraction of sp³-hybridized carbons (Fsp3) is 0.500. The monoisotopic (exact) mass is 611 g/mol. The number of anilines is 1. The third-order valence-electron chi connectivity index (χ3n) is 3.80. The molecular weight excluding hydrogens is 599 g/mol. The van der Waals surface area contributed by atoms with E-state index in [9.17, 15) is 38.9 Å². The Labute approximate surface area is 291 Å². The van der Waals surface area contributed by atoms with Gasteiger partial charge >= 0.3 is 118 Å². The molecule has 17 nitrogen and oxygen atoms in total. The maximum Gasteiger partial charge on any atom is 1.00 e. The first-order chi connectivity index (χ1) is 14.2. The van der Waals surface area contributed by atoms with Gasteiger partial charge in [0.05, 0.1) is 12.9 Å². The van der Waals surface area contributed by atoms with Crippen LogP contribution in [-0.4, -0.2) is 54.7 Å². The molecule has 1 aliphatic rings. The van der Waals surface area contributed by atoms with Crippen molar-refractivity contribution in [2.24, 2.45) is 0 Å². The van der Waals surface area contributed by atoms with E-state index in [-0.39, 0.29) is 135 Å². The summed E-state index contributed by atoms with van der Waals surface area (Å²) in [5.41, 5.74) is 5.97. The predicted molar refractivity (Wildman–Crippen MR) is 93.3 cm³/mol. The minimum Gasteiger partial charge on any atom is -0.812 e. The quantitative estimate of drug-likeness (QED) is 0.185. The van der Waals surface area contributed by atoms with Crippen LogP contribution in [0.1, 0.15) is 6.23 Å². The molecule has 1 aliphatic heterocycles. The van der Waals surface area contributed by atoms with Crippen molar-refractivity contribution in [3.63, 3.8) is 0 Å². The summed E-state index contributed by atoms with van der Waals surface area (Å²) in [4.78, 5) is 55.9. The average Bonchev–Trinajstić information content (AvgIpc) is 3.13. The summed E-state index contributed by atoms with van der Waals surface area (Å²) in [7, 11) is -11.6. The number of hydrogen-bond acceptors (Lipinski definition) is 17. The minimum absolute atomic E-state index is 0. The number of ether oxygens (including phenoxy) is 1. The molecule has 0 aliphatic carbocycles. The molecule has 2 unspecified atom stereocenters. The minimum atomic E-state index is -5.93. The van der Waals surface area contributed by atoms with Gasteiger partial charge in [-0.1, -0.05) is 6.72 Å². The van der Waals surface area contributed by atoms with Crippen LogP contribution in [0.2, 0.25) is 0 Å². The summed E-state index contributed by atoms with van der Waals surface area (Å²) in [5, 5.41) is 20.4. The summed E-state index contributed by atoms with van der Waals surface area (Å²) in [5.74, 6) is 0.0343. The van der Waals surface area contributed by atoms with Crippen LogP contribution in [0, 0.1) is 0 Å². The van der Waals surface area contributed by atoms with Gasteiger partial charge in [0.2, 0.25) is 0 Å². The Morgan fingerprint density at radius 2 is 1.63 bits per heavy atom. The van der Waals surface area contributed by atoms with E-state index in [1.165, 1.54) is 10.9 Å². The van der Waals surface area contributed by atoms with E-state index in [2.05, 4.69) is 39.9 Å². The number of aliphatic hydroxyl groups is 2. The van der Waals surface area contributed by atoms with E-state index in [1.807, 2.05) is 0 Å². The van der Waals surface area contributed by atoms with Crippen LogP contribution in [0.25, 0.3) is 11.2 Å². The molecule has 4 N–H and O–H groups in total. The molecule has 0 bridgehead atoms. The third-order valence-corrected chi connectivity index (χ3v) is 8.06. The molecule has 0 radical (unpaired) electrons. The Morgan fingerprint density at radius 3 is 2.20 bits per heavy atom. The van der Waals surface area contributed by atoms with Gasteiger partial charge in [-0.2, -0.15) is 0 Å². The van der Waals surface area contributed by atoms with E-state index in [4.69, 9.17) is 10.5 Å². The smallest absolute Gasteiger partial charge is 0.812 e. The maximum atomic E-state index is 11.7. The van der Waals surface area contributed by atoms with E-state index in [0.717, 1.165) is 6.33 Å². The number of imidazole rings is 1. The van der Waals surface area contributed by atoms with Crippen molar-refractivity contribution in [2.75, 3.05) is 12.3 Å². The van der Waals surface area contributed by atoms with Gasteiger partial charge in [0.25, 0.3) is 15.6 Å². The van der Waals surface area contributed by atoms with Crippen LogP contribution < -0.4 is 144 Å². The van der Waals surface area contributed by atoms with Gasteiger partial charge in [0.1, 0.15) is 30.2 Å². The first-order valence-electron chi connectivity index (χ1n) is 7.85. The Bertz CT molecular complexity index is 1130. The number of phosphoric acid groups is 2. The second-order valence-corrected chi connectivity index (χ2v) is 11.5. The Balaban J connectivity index is 0. The third kappa shape index (κ3) is 11.1. The standard InChI is InChI=1S/C10H16N5O12P3S.4Na/c11-8-5-9(13-2-12-8)15(3-14-5)10-7(17)6(16)4(25-10)1-24-28(18,19)26-29(20,21)27-30(22,23)31;;;;/h2-4,6-7,10,16-17H,1H2,(H,18,19)(H,20,21)(H2,11,12,13)(H2,22,23,31);;;;/q;4*+1/p-4/t4-,6-,7-,10-;;;;/m1..../s1. The Hall–Kier alpha value is 3.06. The van der Waals surface area contributed by atoms with Crippen molar-refractivity contribution in [3.05, 3.63) is 12.7 Å². The molecule has 3 heterocycles. The Morgan fingerprint density at radius 1 is 1.03 bits per heavy atom. The molecule has 6 atom stereocenters. The number of aromatic nitrogens is 4. The van der Waals surface area contributed by atoms with Gasteiger partial charge in [-0.05, 0) is 0 Å². The molecule has 25 heteroatoms. The molecule has 2 aromatic heterocycles. The van der Waals surface area contributed by atoms with Crippen LogP contribution >= 0.6 is 22.4 Å². The zero-order valence-corrected chi connectivity index (χ0v) is 30.3. The van der Waals surface area contributed by atoms with Crippen molar-refractivity contribution >= 4 is 51.2 Å². The molecule has 35 heavy (non-hydrogen) atoms. The van der Waals surface area contributed by atoms with Gasteiger partial charge in [-0.3, -0.25) is 13.7 Å². The summed E-state index contributed by atoms with van der Waals surface area (Å²) in [6.07, 6.45) is -3.83. The largest absolute Gasteiger partial charge is 1.00 e. The first kappa shape index (κ1) is 40.2. The molecule has 2 aromatic rings. The van der Waals surface area contributed by atoms with E-state index >= 15 is 0 Å². The number of nitrogen functional groups attached to an aromatic ring is 1. The number of aliphatic hydroxyl groups excluding tert-OH is 2. The van der Waals surface area contributed by atoms with Crippen LogP contribution in [0.4, 0.5) is 5.82 Å². The number of nitrogens with zero attached hydrogens (tertiary/aromatic N) is 4. The molecule has 0 amide bonds. The number of phosphoric ester groups is 1. The average molecular weight is 611 g/mol. The zero-order valence-electron chi connectivity index (χ0n) is 18.8. The fourth-order valence-electron chi connectivity index (χ4n) is 2.60. The van der Waals surface area contributed by atoms with Crippen molar-refractivity contribution in [1.82, 2.24) is 19.5 Å². The van der Waals surface area contributed by atoms with E-state index in [1.54, 1.807) is 0 Å². The van der Waals surface area contributed by atoms with Crippen LogP contribution in [0.3, 0.4) is 0 Å². The molecule has 1 fully saturated rings. The van der Waals surface area contributed by atoms with Gasteiger partial charge < -0.3 is 49.1 Å². The normalized spacial score (nSPS) is 25.2. The van der Waals surface area contributed by atoms with E-state index < -0.39 is 53.5 Å². The van der Waals surface area contributed by atoms with Gasteiger partial charge in [0.15, 0.2) is 17.7 Å². The first-order valence-corrected chi connectivity index (χ1v) is 13.3. The second kappa shape index (κ2) is 15.9. The van der Waals surface area contributed by atoms with Crippen molar-refractivity contribution in [3.8, 4) is 0 Å². The molecule has 1 saturated heterocycles. The van der Waals surface area contributed by atoms with Crippen molar-refractivity contribution < 1.29 is 175 Å². The van der Waals surface area contributed by atoms with Crippen LogP contribution in [0.15, 0.2) is 12.7 Å². The number of fused-ring (bicyclic) bond motifs is 1. The van der Waals surface area contributed by atoms with Crippen LogP contribution in [-0.2, 0) is 38.8 Å². The fourth-order valence-corrected chi connectivity index (χ4v) is 6.20. The van der Waals surface area contributed by atoms with Crippen molar-refractivity contribution in [1.29, 1.82) is 0 Å². The van der Waals surface area contributed by atoms with Gasteiger partial charge in [-0.25, -0.2) is 19.3 Å². The molecule has 0 aromatic carbocycles. The summed E-state index contributed by atoms with van der Waals surface area (Å²) >= 11 is 3.68. The maximum absolute atomic E-state index is 11.7. The van der Waals surface area contributed by atoms with Gasteiger partial charge in [-0.15, -0.1) is 11.8 Å². The van der Waals surface area contributed by atoms with Crippen LogP contribution in [0.5, 0.6) is 0 Å². The second-order valence-electron chi connectivity index (χ2n) is 5.93. The number of nitrogens with two attached hydrogens (primary N) is 1. The number of hydrogen-bond donors (Lipinski definition) is 3. The molecule has 0 saturated carbocycles. The molecular formula is C10H12N5Na4O12P3S. The van der Waals surface area contributed by atoms with E-state index in [0.29, 0.717) is 0 Å². The molecule has 174 valence electrons. The molecule has 3 rings (SSSR count). The zero-order chi connectivity index (χ0) is 23.2.